The molecule has 6 nitrogen and oxygen atoms in total. The predicted octanol–water partition coefficient (Wildman–Crippen LogP) is 4.35. The van der Waals surface area contributed by atoms with E-state index in [2.05, 4.69) is 5.10 Å². The van der Waals surface area contributed by atoms with E-state index in [1.54, 1.807) is 24.4 Å². The molecule has 3 aromatic rings. The molecule has 0 saturated heterocycles. The number of amides is 1. The maximum absolute atomic E-state index is 10.9. The highest BCUT2D eigenvalue weighted by molar-refractivity contribution is 6.36. The number of primary amides is 1. The minimum Gasteiger partial charge on any atom is -0.507 e. The number of ether oxygens (including phenoxy) is 1. The number of nitrogens with two attached hydrogens (primary N) is 1. The number of phenolic OH excluding ortho intramolecular Hbond substituents is 1. The van der Waals surface area contributed by atoms with Crippen molar-refractivity contribution in [2.24, 2.45) is 5.73 Å². The first-order chi connectivity index (χ1) is 13.9. The maximum atomic E-state index is 10.9. The van der Waals surface area contributed by atoms with Gasteiger partial charge in [-0.25, -0.2) is 0 Å². The number of benzene rings is 2. The van der Waals surface area contributed by atoms with Crippen LogP contribution in [0.5, 0.6) is 11.5 Å². The molecule has 2 aromatic carbocycles. The second-order valence-corrected chi connectivity index (χ2v) is 7.90. The summed E-state index contributed by atoms with van der Waals surface area (Å²) in [5.74, 6) is -0.0131. The Morgan fingerprint density at radius 1 is 1.24 bits per heavy atom. The van der Waals surface area contributed by atoms with Gasteiger partial charge in [0.25, 0.3) is 5.91 Å². The van der Waals surface area contributed by atoms with Crippen molar-refractivity contribution in [2.75, 3.05) is 6.61 Å². The van der Waals surface area contributed by atoms with Gasteiger partial charge in [-0.1, -0.05) is 29.3 Å². The lowest BCUT2D eigenvalue weighted by atomic mass is 9.99. The standard InChI is InChI=1S/C21H19Cl2N3O3/c22-18-7-15(29-11-21(24)28)8-19(23)17(18)6-12-1-4-20(27)16(5-12)13-9-25-26(10-13)14-2-3-14/h1,4-5,7-10,14,27H,2-3,6,11H2,(H2,24,28). The van der Waals surface area contributed by atoms with Crippen LogP contribution in [0.1, 0.15) is 30.0 Å². The third-order valence-corrected chi connectivity index (χ3v) is 5.45. The minimum absolute atomic E-state index is 0.191. The zero-order valence-electron chi connectivity index (χ0n) is 15.4. The van der Waals surface area contributed by atoms with Crippen molar-refractivity contribution < 1.29 is 14.6 Å². The van der Waals surface area contributed by atoms with E-state index in [9.17, 15) is 9.90 Å². The summed E-state index contributed by atoms with van der Waals surface area (Å²) in [6.07, 6.45) is 6.48. The average Bonchev–Trinajstić information content (AvgIpc) is 3.41. The van der Waals surface area contributed by atoms with Gasteiger partial charge >= 0.3 is 0 Å². The maximum Gasteiger partial charge on any atom is 0.255 e. The third-order valence-electron chi connectivity index (χ3n) is 4.77. The molecule has 0 unspecified atom stereocenters. The van der Waals surface area contributed by atoms with Gasteiger partial charge in [0.15, 0.2) is 6.61 Å². The Bertz CT molecular complexity index is 1050. The molecule has 29 heavy (non-hydrogen) atoms. The summed E-state index contributed by atoms with van der Waals surface area (Å²) >= 11 is 12.8. The first kappa shape index (κ1) is 19.6. The molecule has 1 fully saturated rings. The molecule has 8 heteroatoms. The largest absolute Gasteiger partial charge is 0.507 e. The summed E-state index contributed by atoms with van der Waals surface area (Å²) in [4.78, 5) is 10.9. The van der Waals surface area contributed by atoms with Crippen LogP contribution in [0.25, 0.3) is 11.1 Å². The van der Waals surface area contributed by atoms with E-state index in [-0.39, 0.29) is 12.4 Å². The number of phenols is 1. The number of hydrogen-bond donors (Lipinski definition) is 2. The number of rotatable bonds is 7. The number of carbonyl (C=O) groups is 1. The zero-order chi connectivity index (χ0) is 20.5. The molecule has 0 radical (unpaired) electrons. The Kier molecular flexibility index (Phi) is 5.39. The van der Waals surface area contributed by atoms with Crippen molar-refractivity contribution in [3.8, 4) is 22.6 Å². The summed E-state index contributed by atoms with van der Waals surface area (Å²) < 4.78 is 7.21. The molecule has 3 N–H and O–H groups in total. The van der Waals surface area contributed by atoms with Crippen molar-refractivity contribution in [1.82, 2.24) is 9.78 Å². The van der Waals surface area contributed by atoms with Crippen LogP contribution >= 0.6 is 23.2 Å². The molecule has 0 aliphatic heterocycles. The Hall–Kier alpha value is -2.70. The van der Waals surface area contributed by atoms with Crippen molar-refractivity contribution in [2.45, 2.75) is 25.3 Å². The summed E-state index contributed by atoms with van der Waals surface area (Å²) in [5, 5.41) is 15.6. The highest BCUT2D eigenvalue weighted by Crippen LogP contribution is 2.38. The second-order valence-electron chi connectivity index (χ2n) is 7.09. The van der Waals surface area contributed by atoms with Crippen LogP contribution in [0.15, 0.2) is 42.7 Å². The second kappa shape index (κ2) is 7.97. The van der Waals surface area contributed by atoms with Crippen LogP contribution < -0.4 is 10.5 Å². The summed E-state index contributed by atoms with van der Waals surface area (Å²) in [6.45, 7) is -0.248. The first-order valence-corrected chi connectivity index (χ1v) is 9.91. The number of nitrogens with zero attached hydrogens (tertiary/aromatic N) is 2. The number of aromatic hydroxyl groups is 1. The van der Waals surface area contributed by atoms with Crippen LogP contribution in [0.2, 0.25) is 10.0 Å². The molecule has 1 saturated carbocycles. The van der Waals surface area contributed by atoms with Gasteiger partial charge in [0, 0.05) is 33.8 Å². The highest BCUT2D eigenvalue weighted by Gasteiger charge is 2.24. The van der Waals surface area contributed by atoms with Crippen molar-refractivity contribution in [3.63, 3.8) is 0 Å². The number of hydrogen-bond acceptors (Lipinski definition) is 4. The van der Waals surface area contributed by atoms with Gasteiger partial charge in [-0.05, 0) is 48.2 Å². The average molecular weight is 432 g/mol. The van der Waals surface area contributed by atoms with E-state index in [0.717, 1.165) is 29.5 Å². The Morgan fingerprint density at radius 3 is 2.62 bits per heavy atom. The lowest BCUT2D eigenvalue weighted by Gasteiger charge is -2.12. The van der Waals surface area contributed by atoms with Gasteiger partial charge in [0.2, 0.25) is 0 Å². The molecule has 1 aromatic heterocycles. The van der Waals surface area contributed by atoms with Gasteiger partial charge in [-0.15, -0.1) is 0 Å². The van der Waals surface area contributed by atoms with Crippen molar-refractivity contribution >= 4 is 29.1 Å². The van der Waals surface area contributed by atoms with E-state index in [0.29, 0.717) is 33.8 Å². The Morgan fingerprint density at radius 2 is 1.97 bits per heavy atom. The van der Waals surface area contributed by atoms with Crippen LogP contribution in [0, 0.1) is 0 Å². The van der Waals surface area contributed by atoms with Crippen LogP contribution in [-0.2, 0) is 11.2 Å². The molecule has 1 aliphatic carbocycles. The lowest BCUT2D eigenvalue weighted by Crippen LogP contribution is -2.20. The van der Waals surface area contributed by atoms with Gasteiger partial charge in [0.05, 0.1) is 12.2 Å². The smallest absolute Gasteiger partial charge is 0.255 e. The van der Waals surface area contributed by atoms with Gasteiger partial charge in [-0.3, -0.25) is 9.48 Å². The molecule has 0 spiro atoms. The quantitative estimate of drug-likeness (QED) is 0.581. The van der Waals surface area contributed by atoms with Crippen LogP contribution in [0.4, 0.5) is 0 Å². The van der Waals surface area contributed by atoms with E-state index in [1.807, 2.05) is 23.0 Å². The fraction of sp³-hybridized carbons (Fsp3) is 0.238. The molecule has 0 bridgehead atoms. The number of carbonyl (C=O) groups excluding carboxylic acids is 1. The molecule has 4 rings (SSSR count). The molecular formula is C21H19Cl2N3O3. The molecule has 0 atom stereocenters. The van der Waals surface area contributed by atoms with Crippen LogP contribution in [-0.4, -0.2) is 27.4 Å². The van der Waals surface area contributed by atoms with E-state index in [4.69, 9.17) is 33.7 Å². The van der Waals surface area contributed by atoms with Gasteiger partial charge in [-0.2, -0.15) is 5.10 Å². The Balaban J connectivity index is 1.58. The summed E-state index contributed by atoms with van der Waals surface area (Å²) in [5.41, 5.74) is 8.33. The van der Waals surface area contributed by atoms with Gasteiger partial charge in [0.1, 0.15) is 11.5 Å². The van der Waals surface area contributed by atoms with E-state index >= 15 is 0 Å². The molecule has 1 aliphatic rings. The first-order valence-electron chi connectivity index (χ1n) is 9.16. The molecule has 1 heterocycles. The lowest BCUT2D eigenvalue weighted by molar-refractivity contribution is -0.119. The summed E-state index contributed by atoms with van der Waals surface area (Å²) in [6, 6.07) is 9.08. The third kappa shape index (κ3) is 4.49. The highest BCUT2D eigenvalue weighted by atomic mass is 35.5. The Labute approximate surface area is 177 Å². The monoisotopic (exact) mass is 431 g/mol. The fourth-order valence-corrected chi connectivity index (χ4v) is 3.73. The van der Waals surface area contributed by atoms with E-state index in [1.165, 1.54) is 0 Å². The predicted molar refractivity (Wildman–Crippen MR) is 112 cm³/mol. The van der Waals surface area contributed by atoms with Gasteiger partial charge < -0.3 is 15.6 Å². The zero-order valence-corrected chi connectivity index (χ0v) is 17.0. The summed E-state index contributed by atoms with van der Waals surface area (Å²) in [7, 11) is 0. The van der Waals surface area contributed by atoms with E-state index < -0.39 is 5.91 Å². The van der Waals surface area contributed by atoms with Crippen molar-refractivity contribution in [1.29, 1.82) is 0 Å². The molecule has 1 amide bonds. The molecule has 150 valence electrons. The minimum atomic E-state index is -0.581. The normalized spacial score (nSPS) is 13.4. The number of halogens is 2. The SMILES string of the molecule is NC(=O)COc1cc(Cl)c(Cc2ccc(O)c(-c3cnn(C4CC4)c3)c2)c(Cl)c1. The topological polar surface area (TPSA) is 90.4 Å². The van der Waals surface area contributed by atoms with Crippen LogP contribution in [0.3, 0.4) is 0 Å². The fourth-order valence-electron chi connectivity index (χ4n) is 3.13. The van der Waals surface area contributed by atoms with Crippen molar-refractivity contribution in [3.05, 3.63) is 63.9 Å². The molecular weight excluding hydrogens is 413 g/mol. The number of aromatic nitrogens is 2.